The number of hydrogen-bond donors (Lipinski definition) is 0. The van der Waals surface area contributed by atoms with Crippen molar-refractivity contribution in [1.29, 1.82) is 0 Å². The van der Waals surface area contributed by atoms with Crippen molar-refractivity contribution in [3.05, 3.63) is 52.5 Å². The smallest absolute Gasteiger partial charge is 0.258 e. The van der Waals surface area contributed by atoms with E-state index in [2.05, 4.69) is 6.07 Å². The second-order valence-corrected chi connectivity index (χ2v) is 6.19. The molecule has 0 fully saturated rings. The van der Waals surface area contributed by atoms with Crippen LogP contribution < -0.4 is 14.4 Å². The number of halogens is 1. The first-order valence-electron chi connectivity index (χ1n) is 7.98. The van der Waals surface area contributed by atoms with E-state index in [0.29, 0.717) is 28.7 Å². The van der Waals surface area contributed by atoms with E-state index in [1.54, 1.807) is 12.1 Å². The molecule has 126 valence electrons. The number of hydrogen-bond acceptors (Lipinski definition) is 3. The molecule has 1 atom stereocenters. The van der Waals surface area contributed by atoms with Crippen LogP contribution in [0.2, 0.25) is 5.02 Å². The molecule has 0 saturated heterocycles. The van der Waals surface area contributed by atoms with Gasteiger partial charge in [0, 0.05) is 17.3 Å². The number of nitrogens with zero attached hydrogens (tertiary/aromatic N) is 1. The zero-order chi connectivity index (χ0) is 17.3. The van der Waals surface area contributed by atoms with Crippen LogP contribution in [0, 0.1) is 0 Å². The molecule has 0 spiro atoms. The van der Waals surface area contributed by atoms with Crippen molar-refractivity contribution in [2.75, 3.05) is 18.6 Å². The maximum Gasteiger partial charge on any atom is 0.258 e. The summed E-state index contributed by atoms with van der Waals surface area (Å²) in [5, 5.41) is 0.375. The van der Waals surface area contributed by atoms with E-state index in [1.165, 1.54) is 12.7 Å². The molecule has 0 N–H and O–H groups in total. The zero-order valence-electron chi connectivity index (χ0n) is 14.0. The Balaban J connectivity index is 2.00. The predicted octanol–water partition coefficient (Wildman–Crippen LogP) is 4.34. The normalized spacial score (nSPS) is 16.0. The van der Waals surface area contributed by atoms with Gasteiger partial charge < -0.3 is 14.4 Å². The Kier molecular flexibility index (Phi) is 4.67. The first-order valence-corrected chi connectivity index (χ1v) is 8.36. The van der Waals surface area contributed by atoms with Crippen molar-refractivity contribution < 1.29 is 14.3 Å². The lowest BCUT2D eigenvalue weighted by molar-refractivity contribution is 0.0981. The summed E-state index contributed by atoms with van der Waals surface area (Å²) in [5.41, 5.74) is 2.63. The molecule has 0 bridgehead atoms. The topological polar surface area (TPSA) is 38.8 Å². The van der Waals surface area contributed by atoms with E-state index in [1.807, 2.05) is 36.9 Å². The van der Waals surface area contributed by atoms with Crippen LogP contribution in [0.15, 0.2) is 36.4 Å². The number of ether oxygens (including phenoxy) is 2. The van der Waals surface area contributed by atoms with Gasteiger partial charge in [0.05, 0.1) is 18.7 Å². The highest BCUT2D eigenvalue weighted by Gasteiger charge is 2.32. The van der Waals surface area contributed by atoms with Crippen LogP contribution in [0.1, 0.15) is 29.8 Å². The largest absolute Gasteiger partial charge is 0.493 e. The predicted molar refractivity (Wildman–Crippen MR) is 95.6 cm³/mol. The number of amides is 1. The molecule has 3 rings (SSSR count). The third-order valence-corrected chi connectivity index (χ3v) is 4.47. The van der Waals surface area contributed by atoms with Gasteiger partial charge in [0.15, 0.2) is 11.5 Å². The molecule has 0 aromatic heterocycles. The maximum atomic E-state index is 13.1. The number of carbonyl (C=O) groups excluding carboxylic acids is 1. The van der Waals surface area contributed by atoms with Gasteiger partial charge in [-0.2, -0.15) is 0 Å². The van der Waals surface area contributed by atoms with Crippen LogP contribution in [0.25, 0.3) is 0 Å². The average Bonchev–Trinajstić information content (AvgIpc) is 2.91. The summed E-state index contributed by atoms with van der Waals surface area (Å²) in [5.74, 6) is 0.844. The minimum Gasteiger partial charge on any atom is -0.493 e. The summed E-state index contributed by atoms with van der Waals surface area (Å²) in [6, 6.07) is 11.4. The molecule has 2 aromatic rings. The molecule has 1 unspecified atom stereocenters. The van der Waals surface area contributed by atoms with Crippen LogP contribution in [-0.2, 0) is 6.42 Å². The van der Waals surface area contributed by atoms with E-state index < -0.39 is 0 Å². The second-order valence-electron chi connectivity index (χ2n) is 5.78. The fourth-order valence-corrected chi connectivity index (χ4v) is 3.41. The van der Waals surface area contributed by atoms with E-state index in [9.17, 15) is 4.79 Å². The highest BCUT2D eigenvalue weighted by Crippen LogP contribution is 2.38. The second kappa shape index (κ2) is 6.73. The fraction of sp³-hybridized carbons (Fsp3) is 0.316. The number of methoxy groups -OCH3 is 1. The highest BCUT2D eigenvalue weighted by molar-refractivity contribution is 6.33. The SMILES string of the molecule is CCOc1c(Cl)cc(C(=O)N2c3ccccc3CC2C)cc1OC. The molecule has 0 aliphatic carbocycles. The minimum atomic E-state index is -0.0873. The van der Waals surface area contributed by atoms with Gasteiger partial charge in [0.2, 0.25) is 0 Å². The average molecular weight is 346 g/mol. The Morgan fingerprint density at radius 3 is 2.79 bits per heavy atom. The summed E-state index contributed by atoms with van der Waals surface area (Å²) < 4.78 is 10.9. The van der Waals surface area contributed by atoms with Gasteiger partial charge in [-0.15, -0.1) is 0 Å². The van der Waals surface area contributed by atoms with E-state index >= 15 is 0 Å². The third kappa shape index (κ3) is 2.82. The van der Waals surface area contributed by atoms with Crippen molar-refractivity contribution in [2.24, 2.45) is 0 Å². The molecule has 1 aliphatic heterocycles. The summed E-state index contributed by atoms with van der Waals surface area (Å²) in [4.78, 5) is 14.9. The summed E-state index contributed by atoms with van der Waals surface area (Å²) in [6.07, 6.45) is 0.851. The molecule has 5 heteroatoms. The van der Waals surface area contributed by atoms with Gasteiger partial charge in [0.1, 0.15) is 0 Å². The number of carbonyl (C=O) groups is 1. The van der Waals surface area contributed by atoms with Crippen LogP contribution in [0.3, 0.4) is 0 Å². The number of benzene rings is 2. The summed E-state index contributed by atoms with van der Waals surface area (Å²) in [6.45, 7) is 4.39. The van der Waals surface area contributed by atoms with Crippen molar-refractivity contribution >= 4 is 23.2 Å². The molecule has 0 radical (unpaired) electrons. The van der Waals surface area contributed by atoms with Gasteiger partial charge in [-0.05, 0) is 44.0 Å². The van der Waals surface area contributed by atoms with Crippen molar-refractivity contribution in [1.82, 2.24) is 0 Å². The van der Waals surface area contributed by atoms with Crippen LogP contribution in [0.5, 0.6) is 11.5 Å². The molecule has 1 aliphatic rings. The van der Waals surface area contributed by atoms with E-state index in [-0.39, 0.29) is 11.9 Å². The Bertz CT molecular complexity index is 775. The maximum absolute atomic E-state index is 13.1. The van der Waals surface area contributed by atoms with Crippen molar-refractivity contribution in [3.63, 3.8) is 0 Å². The first kappa shape index (κ1) is 16.7. The van der Waals surface area contributed by atoms with Crippen LogP contribution in [0.4, 0.5) is 5.69 Å². The third-order valence-electron chi connectivity index (χ3n) is 4.19. The van der Waals surface area contributed by atoms with Crippen LogP contribution in [-0.4, -0.2) is 25.7 Å². The molecule has 1 amide bonds. The molecule has 4 nitrogen and oxygen atoms in total. The number of rotatable bonds is 4. The van der Waals surface area contributed by atoms with Gasteiger partial charge in [0.25, 0.3) is 5.91 Å². The standard InChI is InChI=1S/C19H20ClNO3/c1-4-24-18-15(20)10-14(11-17(18)23-3)19(22)21-12(2)9-13-7-5-6-8-16(13)21/h5-8,10-12H,4,9H2,1-3H3. The quantitative estimate of drug-likeness (QED) is 0.827. The molecule has 2 aromatic carbocycles. The highest BCUT2D eigenvalue weighted by atomic mass is 35.5. The molecular formula is C19H20ClNO3. The lowest BCUT2D eigenvalue weighted by Gasteiger charge is -2.23. The van der Waals surface area contributed by atoms with Crippen molar-refractivity contribution in [2.45, 2.75) is 26.3 Å². The summed E-state index contributed by atoms with van der Waals surface area (Å²) >= 11 is 6.30. The molecule has 0 saturated carbocycles. The monoisotopic (exact) mass is 345 g/mol. The Morgan fingerprint density at radius 1 is 1.33 bits per heavy atom. The molecule has 1 heterocycles. The van der Waals surface area contributed by atoms with Gasteiger partial charge in [-0.1, -0.05) is 29.8 Å². The van der Waals surface area contributed by atoms with Gasteiger partial charge in [-0.25, -0.2) is 0 Å². The number of fused-ring (bicyclic) bond motifs is 1. The van der Waals surface area contributed by atoms with Gasteiger partial charge >= 0.3 is 0 Å². The Labute approximate surface area is 146 Å². The lowest BCUT2D eigenvalue weighted by atomic mass is 10.1. The Hall–Kier alpha value is -2.20. The van der Waals surface area contributed by atoms with E-state index in [4.69, 9.17) is 21.1 Å². The fourth-order valence-electron chi connectivity index (χ4n) is 3.14. The van der Waals surface area contributed by atoms with Crippen LogP contribution >= 0.6 is 11.6 Å². The number of para-hydroxylation sites is 1. The molecule has 24 heavy (non-hydrogen) atoms. The van der Waals surface area contributed by atoms with E-state index in [0.717, 1.165) is 12.1 Å². The zero-order valence-corrected chi connectivity index (χ0v) is 14.8. The molecular weight excluding hydrogens is 326 g/mol. The lowest BCUT2D eigenvalue weighted by Crippen LogP contribution is -2.35. The first-order chi connectivity index (χ1) is 11.6. The minimum absolute atomic E-state index is 0.0873. The number of anilines is 1. The van der Waals surface area contributed by atoms with Crippen molar-refractivity contribution in [3.8, 4) is 11.5 Å². The summed E-state index contributed by atoms with van der Waals surface area (Å²) in [7, 11) is 1.54. The Morgan fingerprint density at radius 2 is 2.08 bits per heavy atom. The van der Waals surface area contributed by atoms with Gasteiger partial charge in [-0.3, -0.25) is 4.79 Å².